The van der Waals surface area contributed by atoms with Crippen LogP contribution in [0.2, 0.25) is 5.02 Å². The van der Waals surface area contributed by atoms with E-state index in [2.05, 4.69) is 14.7 Å². The van der Waals surface area contributed by atoms with Gasteiger partial charge in [0.1, 0.15) is 5.82 Å². The van der Waals surface area contributed by atoms with Crippen LogP contribution in [-0.2, 0) is 11.2 Å². The maximum Gasteiger partial charge on any atom is 0.227 e. The molecule has 1 aliphatic rings. The van der Waals surface area contributed by atoms with E-state index in [1.54, 1.807) is 28.8 Å². The number of fused-ring (bicyclic) bond motifs is 2. The van der Waals surface area contributed by atoms with Crippen molar-refractivity contribution in [2.24, 2.45) is 0 Å². The lowest BCUT2D eigenvalue weighted by atomic mass is 10.1. The summed E-state index contributed by atoms with van der Waals surface area (Å²) in [6.45, 7) is 0. The molecule has 1 aliphatic heterocycles. The summed E-state index contributed by atoms with van der Waals surface area (Å²) in [6.07, 6.45) is 3.26. The van der Waals surface area contributed by atoms with Crippen molar-refractivity contribution in [2.45, 2.75) is 0 Å². The molecule has 0 saturated heterocycles. The minimum atomic E-state index is -1.54. The van der Waals surface area contributed by atoms with Gasteiger partial charge in [0.25, 0.3) is 0 Å². The quantitative estimate of drug-likeness (QED) is 0.492. The molecule has 4 aromatic rings. The second-order valence-electron chi connectivity index (χ2n) is 6.21. The summed E-state index contributed by atoms with van der Waals surface area (Å²) < 4.78 is 31.9. The van der Waals surface area contributed by atoms with E-state index in [1.165, 1.54) is 18.2 Å². The van der Waals surface area contributed by atoms with Crippen LogP contribution in [-0.4, -0.2) is 14.2 Å². The number of aromatic nitrogens is 2. The fourth-order valence-corrected chi connectivity index (χ4v) is 4.52. The van der Waals surface area contributed by atoms with E-state index in [-0.39, 0.29) is 5.56 Å². The Morgan fingerprint density at radius 3 is 2.82 bits per heavy atom. The van der Waals surface area contributed by atoms with Crippen LogP contribution in [0.1, 0.15) is 0 Å². The number of halogens is 2. The smallest absolute Gasteiger partial charge is 0.227 e. The van der Waals surface area contributed by atoms with Crippen molar-refractivity contribution in [3.8, 4) is 11.3 Å². The molecule has 1 unspecified atom stereocenters. The monoisotopic (exact) mass is 410 g/mol. The van der Waals surface area contributed by atoms with Crippen LogP contribution in [0.3, 0.4) is 0 Å². The molecule has 138 valence electrons. The molecular formula is C20H12ClFN4OS. The van der Waals surface area contributed by atoms with Gasteiger partial charge < -0.3 is 0 Å². The first-order valence-electron chi connectivity index (χ1n) is 8.40. The largest absolute Gasteiger partial charge is 0.284 e. The van der Waals surface area contributed by atoms with E-state index in [1.807, 2.05) is 24.3 Å². The standard InChI is InChI=1S/C20H12ClFN4OS/c21-12-5-6-15(22)14(9-12)17-10-20(13-3-1-2-4-16(13)24-17)26-19-7-8-23-11-18(19)25-28(26)27/h1-11,25H. The normalized spacial score (nSPS) is 15.5. The molecular weight excluding hydrogens is 399 g/mol. The Morgan fingerprint density at radius 2 is 1.93 bits per heavy atom. The van der Waals surface area contributed by atoms with Crippen LogP contribution in [0.4, 0.5) is 21.5 Å². The first kappa shape index (κ1) is 17.1. The summed E-state index contributed by atoms with van der Waals surface area (Å²) in [6, 6.07) is 15.3. The third-order valence-electron chi connectivity index (χ3n) is 4.50. The van der Waals surface area contributed by atoms with Gasteiger partial charge in [-0.1, -0.05) is 29.8 Å². The number of hydrogen-bond donors (Lipinski definition) is 1. The minimum absolute atomic E-state index is 0.285. The van der Waals surface area contributed by atoms with Gasteiger partial charge in [0.05, 0.1) is 34.5 Å². The Hall–Kier alpha value is -3.03. The SMILES string of the molecule is O=S1Nc2cnccc2N1c1cc(-c2cc(Cl)ccc2F)nc2ccccc12. The Bertz CT molecular complexity index is 1270. The number of nitrogens with one attached hydrogen (secondary N) is 1. The molecule has 2 aromatic heterocycles. The van der Waals surface area contributed by atoms with Crippen LogP contribution in [0.5, 0.6) is 0 Å². The molecule has 0 aliphatic carbocycles. The lowest BCUT2D eigenvalue weighted by Crippen LogP contribution is -2.18. The maximum absolute atomic E-state index is 14.5. The molecule has 0 bridgehead atoms. The summed E-state index contributed by atoms with van der Waals surface area (Å²) >= 11 is 4.53. The number of pyridine rings is 2. The van der Waals surface area contributed by atoms with Gasteiger partial charge >= 0.3 is 0 Å². The van der Waals surface area contributed by atoms with Crippen LogP contribution in [0, 0.1) is 5.82 Å². The van der Waals surface area contributed by atoms with Gasteiger partial charge in [0, 0.05) is 22.2 Å². The molecule has 0 spiro atoms. The first-order valence-corrected chi connectivity index (χ1v) is 9.88. The lowest BCUT2D eigenvalue weighted by Gasteiger charge is -2.19. The van der Waals surface area contributed by atoms with E-state index in [0.29, 0.717) is 27.6 Å². The molecule has 0 fully saturated rings. The van der Waals surface area contributed by atoms with E-state index in [9.17, 15) is 8.60 Å². The predicted octanol–water partition coefficient (Wildman–Crippen LogP) is 5.23. The third-order valence-corrected chi connectivity index (χ3v) is 5.85. The third kappa shape index (κ3) is 2.71. The van der Waals surface area contributed by atoms with Crippen molar-refractivity contribution < 1.29 is 8.60 Å². The second kappa shape index (κ2) is 6.54. The minimum Gasteiger partial charge on any atom is -0.284 e. The molecule has 1 atom stereocenters. The Kier molecular flexibility index (Phi) is 3.99. The molecule has 0 saturated carbocycles. The lowest BCUT2D eigenvalue weighted by molar-refractivity contribution is 0.631. The van der Waals surface area contributed by atoms with Gasteiger partial charge in [-0.05, 0) is 36.4 Å². The summed E-state index contributed by atoms with van der Waals surface area (Å²) in [5, 5.41) is 1.21. The zero-order valence-corrected chi connectivity index (χ0v) is 15.8. The molecule has 5 nitrogen and oxygen atoms in total. The zero-order valence-electron chi connectivity index (χ0n) is 14.3. The van der Waals surface area contributed by atoms with E-state index in [0.717, 1.165) is 11.1 Å². The average Bonchev–Trinajstić information content (AvgIpc) is 3.04. The highest BCUT2D eigenvalue weighted by Gasteiger charge is 2.29. The number of para-hydroxylation sites is 1. The summed E-state index contributed by atoms with van der Waals surface area (Å²) in [5.74, 6) is -0.427. The molecule has 2 aromatic carbocycles. The second-order valence-corrected chi connectivity index (χ2v) is 7.71. The van der Waals surface area contributed by atoms with Crippen molar-refractivity contribution in [1.82, 2.24) is 9.97 Å². The average molecular weight is 411 g/mol. The van der Waals surface area contributed by atoms with Crippen LogP contribution < -0.4 is 9.03 Å². The van der Waals surface area contributed by atoms with E-state index in [4.69, 9.17) is 11.6 Å². The molecule has 28 heavy (non-hydrogen) atoms. The van der Waals surface area contributed by atoms with Gasteiger partial charge in [0.15, 0.2) is 0 Å². The highest BCUT2D eigenvalue weighted by molar-refractivity contribution is 7.88. The molecule has 0 amide bonds. The van der Waals surface area contributed by atoms with Gasteiger partial charge in [-0.25, -0.2) is 17.9 Å². The summed E-state index contributed by atoms with van der Waals surface area (Å²) in [4.78, 5) is 8.67. The van der Waals surface area contributed by atoms with Gasteiger partial charge in [-0.2, -0.15) is 0 Å². The van der Waals surface area contributed by atoms with Crippen molar-refractivity contribution in [1.29, 1.82) is 0 Å². The number of anilines is 3. The zero-order chi connectivity index (χ0) is 19.3. The predicted molar refractivity (Wildman–Crippen MR) is 110 cm³/mol. The van der Waals surface area contributed by atoms with Crippen molar-refractivity contribution >= 4 is 50.7 Å². The fraction of sp³-hybridized carbons (Fsp3) is 0. The summed E-state index contributed by atoms with van der Waals surface area (Å²) in [5.41, 5.74) is 3.39. The van der Waals surface area contributed by atoms with Crippen molar-refractivity contribution in [3.05, 3.63) is 77.8 Å². The Morgan fingerprint density at radius 1 is 1.07 bits per heavy atom. The van der Waals surface area contributed by atoms with Crippen molar-refractivity contribution in [2.75, 3.05) is 9.03 Å². The number of benzene rings is 2. The Balaban J connectivity index is 1.80. The van der Waals surface area contributed by atoms with Crippen molar-refractivity contribution in [3.63, 3.8) is 0 Å². The highest BCUT2D eigenvalue weighted by atomic mass is 35.5. The summed E-state index contributed by atoms with van der Waals surface area (Å²) in [7, 11) is 0. The van der Waals surface area contributed by atoms with Crippen LogP contribution >= 0.6 is 11.6 Å². The van der Waals surface area contributed by atoms with Crippen LogP contribution in [0.25, 0.3) is 22.2 Å². The topological polar surface area (TPSA) is 58.1 Å². The van der Waals surface area contributed by atoms with Gasteiger partial charge in [-0.15, -0.1) is 0 Å². The Labute approximate surface area is 167 Å². The fourth-order valence-electron chi connectivity index (χ4n) is 3.25. The van der Waals surface area contributed by atoms with E-state index < -0.39 is 17.0 Å². The molecule has 8 heteroatoms. The molecule has 0 radical (unpaired) electrons. The molecule has 3 heterocycles. The highest BCUT2D eigenvalue weighted by Crippen LogP contribution is 2.42. The molecule has 5 rings (SSSR count). The van der Waals surface area contributed by atoms with E-state index >= 15 is 0 Å². The van der Waals surface area contributed by atoms with Gasteiger partial charge in [0.2, 0.25) is 11.2 Å². The number of hydrogen-bond acceptors (Lipinski definition) is 3. The molecule has 1 N–H and O–H groups in total. The number of nitrogens with zero attached hydrogens (tertiary/aromatic N) is 3. The number of rotatable bonds is 2. The first-order chi connectivity index (χ1) is 13.6. The maximum atomic E-state index is 14.5. The van der Waals surface area contributed by atoms with Gasteiger partial charge in [-0.3, -0.25) is 9.71 Å². The van der Waals surface area contributed by atoms with Crippen LogP contribution in [0.15, 0.2) is 67.0 Å².